The van der Waals surface area contributed by atoms with Crippen molar-refractivity contribution in [3.63, 3.8) is 0 Å². The first kappa shape index (κ1) is 13.3. The van der Waals surface area contributed by atoms with E-state index >= 15 is 0 Å². The number of halogens is 1. The van der Waals surface area contributed by atoms with Gasteiger partial charge < -0.3 is 15.6 Å². The molecule has 0 saturated heterocycles. The van der Waals surface area contributed by atoms with E-state index in [-0.39, 0.29) is 24.9 Å². The third-order valence-corrected chi connectivity index (χ3v) is 1.21. The molecule has 68 valence electrons. The molecule has 0 heterocycles. The summed E-state index contributed by atoms with van der Waals surface area (Å²) in [5.74, 6) is -0.440. The number of nitrogens with two attached hydrogens (primary N) is 1. The van der Waals surface area contributed by atoms with Crippen molar-refractivity contribution in [2.45, 2.75) is 25.5 Å². The molecule has 0 aromatic carbocycles. The Hall–Kier alpha value is -0.320. The second-order valence-corrected chi connectivity index (χ2v) is 2.21. The minimum atomic E-state index is -0.799. The van der Waals surface area contributed by atoms with Gasteiger partial charge in [-0.1, -0.05) is 0 Å². The normalized spacial score (nSPS) is 14.5. The van der Waals surface area contributed by atoms with Crippen LogP contribution < -0.4 is 5.73 Å². The van der Waals surface area contributed by atoms with Crippen LogP contribution in [0, 0.1) is 0 Å². The van der Waals surface area contributed by atoms with Crippen molar-refractivity contribution in [3.8, 4) is 0 Å². The van der Waals surface area contributed by atoms with Gasteiger partial charge in [-0.05, 0) is 6.92 Å². The molecule has 0 amide bonds. The number of aliphatic hydroxyl groups is 1. The minimum absolute atomic E-state index is 0. The molecule has 0 spiro atoms. The van der Waals surface area contributed by atoms with Gasteiger partial charge in [-0.25, -0.2) is 0 Å². The fraction of sp³-hybridized carbons (Fsp3) is 0.833. The maximum absolute atomic E-state index is 10.5. The SMILES string of the molecule is COC(=O)CC(O)C(C)N.Cl. The highest BCUT2D eigenvalue weighted by Gasteiger charge is 2.14. The third-order valence-electron chi connectivity index (χ3n) is 1.21. The molecule has 0 aliphatic rings. The molecule has 0 aromatic rings. The van der Waals surface area contributed by atoms with Crippen LogP contribution in [0.1, 0.15) is 13.3 Å². The van der Waals surface area contributed by atoms with Crippen LogP contribution in [0.5, 0.6) is 0 Å². The van der Waals surface area contributed by atoms with Crippen LogP contribution in [0.4, 0.5) is 0 Å². The topological polar surface area (TPSA) is 72.5 Å². The van der Waals surface area contributed by atoms with Crippen molar-refractivity contribution < 1.29 is 14.6 Å². The molecule has 0 aliphatic heterocycles. The number of hydrogen-bond donors (Lipinski definition) is 2. The summed E-state index contributed by atoms with van der Waals surface area (Å²) in [5, 5.41) is 9.00. The standard InChI is InChI=1S/C6H13NO3.ClH/c1-4(7)5(8)3-6(9)10-2;/h4-5,8H,3,7H2,1-2H3;1H. The van der Waals surface area contributed by atoms with Crippen molar-refractivity contribution in [1.82, 2.24) is 0 Å². The van der Waals surface area contributed by atoms with Gasteiger partial charge in [0.25, 0.3) is 0 Å². The Morgan fingerprint density at radius 1 is 1.73 bits per heavy atom. The monoisotopic (exact) mass is 183 g/mol. The van der Waals surface area contributed by atoms with Gasteiger partial charge in [0, 0.05) is 6.04 Å². The summed E-state index contributed by atoms with van der Waals surface area (Å²) in [7, 11) is 1.27. The zero-order valence-electron chi connectivity index (χ0n) is 6.61. The van der Waals surface area contributed by atoms with Crippen LogP contribution in [0.3, 0.4) is 0 Å². The quantitative estimate of drug-likeness (QED) is 0.589. The van der Waals surface area contributed by atoms with E-state index in [0.29, 0.717) is 0 Å². The van der Waals surface area contributed by atoms with Crippen LogP contribution in [0.25, 0.3) is 0 Å². The maximum Gasteiger partial charge on any atom is 0.308 e. The molecule has 0 rings (SSSR count). The Morgan fingerprint density at radius 2 is 2.18 bits per heavy atom. The van der Waals surface area contributed by atoms with Crippen LogP contribution in [-0.2, 0) is 9.53 Å². The summed E-state index contributed by atoms with van der Waals surface area (Å²) in [6, 6.07) is -0.390. The van der Waals surface area contributed by atoms with Crippen molar-refractivity contribution in [2.75, 3.05) is 7.11 Å². The molecule has 0 aliphatic carbocycles. The Morgan fingerprint density at radius 3 is 2.45 bits per heavy atom. The molecular weight excluding hydrogens is 170 g/mol. The summed E-state index contributed by atoms with van der Waals surface area (Å²) in [6.07, 6.45) is -0.832. The van der Waals surface area contributed by atoms with Crippen molar-refractivity contribution in [3.05, 3.63) is 0 Å². The lowest BCUT2D eigenvalue weighted by molar-refractivity contribution is -0.143. The van der Waals surface area contributed by atoms with Crippen LogP contribution in [-0.4, -0.2) is 30.3 Å². The predicted molar refractivity (Wildman–Crippen MR) is 43.5 cm³/mol. The highest BCUT2D eigenvalue weighted by atomic mass is 35.5. The van der Waals surface area contributed by atoms with Gasteiger partial charge >= 0.3 is 5.97 Å². The van der Waals surface area contributed by atoms with Crippen molar-refractivity contribution in [2.24, 2.45) is 5.73 Å². The van der Waals surface area contributed by atoms with Gasteiger partial charge in [-0.2, -0.15) is 0 Å². The number of rotatable bonds is 3. The zero-order valence-corrected chi connectivity index (χ0v) is 7.43. The zero-order chi connectivity index (χ0) is 8.15. The van der Waals surface area contributed by atoms with Gasteiger partial charge in [0.15, 0.2) is 0 Å². The summed E-state index contributed by atoms with van der Waals surface area (Å²) < 4.78 is 4.32. The van der Waals surface area contributed by atoms with Crippen LogP contribution in [0.2, 0.25) is 0 Å². The van der Waals surface area contributed by atoms with Crippen LogP contribution >= 0.6 is 12.4 Å². The Bertz CT molecular complexity index is 118. The van der Waals surface area contributed by atoms with Gasteiger partial charge in [0.1, 0.15) is 0 Å². The Labute approximate surface area is 72.1 Å². The Balaban J connectivity index is 0. The first-order chi connectivity index (χ1) is 4.57. The number of hydrogen-bond acceptors (Lipinski definition) is 4. The largest absolute Gasteiger partial charge is 0.469 e. The first-order valence-corrected chi connectivity index (χ1v) is 3.08. The lowest BCUT2D eigenvalue weighted by atomic mass is 10.1. The molecule has 0 radical (unpaired) electrons. The molecule has 0 bridgehead atoms. The van der Waals surface area contributed by atoms with E-state index in [0.717, 1.165) is 0 Å². The summed E-state index contributed by atoms with van der Waals surface area (Å²) in [5.41, 5.74) is 5.28. The molecule has 0 saturated carbocycles. The average Bonchev–Trinajstić information content (AvgIpc) is 1.87. The maximum atomic E-state index is 10.5. The summed E-state index contributed by atoms with van der Waals surface area (Å²) in [6.45, 7) is 1.63. The first-order valence-electron chi connectivity index (χ1n) is 3.08. The van der Waals surface area contributed by atoms with E-state index in [2.05, 4.69) is 4.74 Å². The number of methoxy groups -OCH3 is 1. The minimum Gasteiger partial charge on any atom is -0.469 e. The Kier molecular flexibility index (Phi) is 7.72. The molecule has 5 heteroatoms. The number of ether oxygens (including phenoxy) is 1. The van der Waals surface area contributed by atoms with Gasteiger partial charge in [-0.3, -0.25) is 4.79 Å². The van der Waals surface area contributed by atoms with Crippen molar-refractivity contribution in [1.29, 1.82) is 0 Å². The molecule has 11 heavy (non-hydrogen) atoms. The van der Waals surface area contributed by atoms with E-state index in [1.165, 1.54) is 7.11 Å². The smallest absolute Gasteiger partial charge is 0.308 e. The molecular formula is C6H14ClNO3. The van der Waals surface area contributed by atoms with E-state index in [1.54, 1.807) is 6.92 Å². The molecule has 2 atom stereocenters. The number of aliphatic hydroxyl groups excluding tert-OH is 1. The molecule has 0 aromatic heterocycles. The van der Waals surface area contributed by atoms with Crippen LogP contribution in [0.15, 0.2) is 0 Å². The predicted octanol–water partition coefficient (Wildman–Crippen LogP) is -0.321. The fourth-order valence-electron chi connectivity index (χ4n) is 0.440. The van der Waals surface area contributed by atoms with Gasteiger partial charge in [0.2, 0.25) is 0 Å². The van der Waals surface area contributed by atoms with E-state index in [9.17, 15) is 4.79 Å². The lowest BCUT2D eigenvalue weighted by Crippen LogP contribution is -2.33. The highest BCUT2D eigenvalue weighted by molar-refractivity contribution is 5.85. The molecule has 0 fully saturated rings. The summed E-state index contributed by atoms with van der Waals surface area (Å²) in [4.78, 5) is 10.5. The van der Waals surface area contributed by atoms with Gasteiger partial charge in [-0.15, -0.1) is 12.4 Å². The van der Waals surface area contributed by atoms with E-state index in [4.69, 9.17) is 10.8 Å². The second kappa shape index (κ2) is 6.39. The number of esters is 1. The molecule has 2 unspecified atom stereocenters. The lowest BCUT2D eigenvalue weighted by Gasteiger charge is -2.11. The number of carbonyl (C=O) groups excluding carboxylic acids is 1. The molecule has 4 nitrogen and oxygen atoms in total. The summed E-state index contributed by atoms with van der Waals surface area (Å²) >= 11 is 0. The second-order valence-electron chi connectivity index (χ2n) is 2.21. The third kappa shape index (κ3) is 6.09. The molecule has 3 N–H and O–H groups in total. The highest BCUT2D eigenvalue weighted by Crippen LogP contribution is 1.96. The fourth-order valence-corrected chi connectivity index (χ4v) is 0.440. The number of carbonyl (C=O) groups is 1. The van der Waals surface area contributed by atoms with E-state index in [1.807, 2.05) is 0 Å². The van der Waals surface area contributed by atoms with E-state index < -0.39 is 12.1 Å². The van der Waals surface area contributed by atoms with Gasteiger partial charge in [0.05, 0.1) is 19.6 Å². The van der Waals surface area contributed by atoms with Crippen molar-refractivity contribution >= 4 is 18.4 Å². The average molecular weight is 184 g/mol.